The van der Waals surface area contributed by atoms with Gasteiger partial charge in [-0.1, -0.05) is 59.6 Å². The second kappa shape index (κ2) is 8.92. The van der Waals surface area contributed by atoms with Crippen molar-refractivity contribution in [3.05, 3.63) is 69.7 Å². The van der Waals surface area contributed by atoms with Crippen LogP contribution in [0.5, 0.6) is 0 Å². The first-order chi connectivity index (χ1) is 11.1. The van der Waals surface area contributed by atoms with Crippen molar-refractivity contribution < 1.29 is 4.79 Å². The number of carbonyl (C=O) groups excluding carboxylic acids is 1. The molecule has 0 spiro atoms. The molecule has 0 radical (unpaired) electrons. The quantitative estimate of drug-likeness (QED) is 0.734. The molecule has 2 aromatic rings. The van der Waals surface area contributed by atoms with Crippen molar-refractivity contribution in [3.63, 3.8) is 0 Å². The number of hydrogen-bond donors (Lipinski definition) is 2. The molecule has 3 nitrogen and oxygen atoms in total. The van der Waals surface area contributed by atoms with Gasteiger partial charge in [0.15, 0.2) is 0 Å². The maximum Gasteiger partial charge on any atom is 0.220 e. The monoisotopic (exact) mass is 350 g/mol. The number of rotatable bonds is 7. The number of halogens is 2. The highest BCUT2D eigenvalue weighted by atomic mass is 35.5. The van der Waals surface area contributed by atoms with Crippen molar-refractivity contribution in [3.8, 4) is 0 Å². The summed E-state index contributed by atoms with van der Waals surface area (Å²) in [6.07, 6.45) is 1.27. The third-order valence-electron chi connectivity index (χ3n) is 3.55. The summed E-state index contributed by atoms with van der Waals surface area (Å²) in [7, 11) is 1.88. The molecular formula is C18H20Cl2N2O. The van der Waals surface area contributed by atoms with Gasteiger partial charge in [-0.3, -0.25) is 4.79 Å². The summed E-state index contributed by atoms with van der Waals surface area (Å²) in [4.78, 5) is 12.2. The summed E-state index contributed by atoms with van der Waals surface area (Å²) in [5, 5.41) is 7.11. The van der Waals surface area contributed by atoms with E-state index in [1.807, 2.05) is 43.4 Å². The first-order valence-corrected chi connectivity index (χ1v) is 8.31. The first-order valence-electron chi connectivity index (χ1n) is 7.55. The summed E-state index contributed by atoms with van der Waals surface area (Å²) in [6, 6.07) is 15.0. The minimum Gasteiger partial charge on any atom is -0.345 e. The van der Waals surface area contributed by atoms with Crippen molar-refractivity contribution in [2.45, 2.75) is 18.9 Å². The first kappa shape index (κ1) is 17.8. The van der Waals surface area contributed by atoms with Crippen molar-refractivity contribution >= 4 is 29.1 Å². The summed E-state index contributed by atoms with van der Waals surface area (Å²) in [5.74, 6) is 0.0141. The van der Waals surface area contributed by atoms with Crippen molar-refractivity contribution in [2.24, 2.45) is 0 Å². The van der Waals surface area contributed by atoms with Crippen LogP contribution in [-0.2, 0) is 4.79 Å². The molecule has 2 aromatic carbocycles. The van der Waals surface area contributed by atoms with Gasteiger partial charge in [0, 0.05) is 6.42 Å². The van der Waals surface area contributed by atoms with E-state index >= 15 is 0 Å². The van der Waals surface area contributed by atoms with Crippen LogP contribution in [0.1, 0.15) is 30.0 Å². The predicted octanol–water partition coefficient (Wildman–Crippen LogP) is 4.20. The molecular weight excluding hydrogens is 331 g/mol. The molecule has 0 saturated heterocycles. The van der Waals surface area contributed by atoms with Crippen molar-refractivity contribution in [1.29, 1.82) is 0 Å². The third-order valence-corrected chi connectivity index (χ3v) is 4.28. The summed E-state index contributed by atoms with van der Waals surface area (Å²) < 4.78 is 0. The molecule has 1 amide bonds. The number of carbonyl (C=O) groups is 1. The molecule has 23 heavy (non-hydrogen) atoms. The fraction of sp³-hybridized carbons (Fsp3) is 0.278. The molecule has 0 aliphatic rings. The lowest BCUT2D eigenvalue weighted by Gasteiger charge is -2.20. The van der Waals surface area contributed by atoms with Gasteiger partial charge in [0.2, 0.25) is 5.91 Å². The minimum atomic E-state index is -0.243. The maximum atomic E-state index is 12.2. The average molecular weight is 351 g/mol. The molecule has 0 aliphatic carbocycles. The van der Waals surface area contributed by atoms with E-state index in [4.69, 9.17) is 23.2 Å². The number of hydrogen-bond acceptors (Lipinski definition) is 2. The standard InChI is InChI=1S/C18H20Cl2N2O/c1-21-11-5-8-17(23)22-18(13-6-3-2-4-7-13)14-9-10-15(19)16(20)12-14/h2-4,6-7,9-10,12,18,21H,5,8,11H2,1H3,(H,22,23). The van der Waals surface area contributed by atoms with E-state index in [0.717, 1.165) is 24.1 Å². The Hall–Kier alpha value is -1.55. The van der Waals surface area contributed by atoms with Crippen LogP contribution in [-0.4, -0.2) is 19.5 Å². The molecule has 0 aliphatic heterocycles. The van der Waals surface area contributed by atoms with Gasteiger partial charge in [0.05, 0.1) is 16.1 Å². The van der Waals surface area contributed by atoms with Gasteiger partial charge in [0.1, 0.15) is 0 Å². The van der Waals surface area contributed by atoms with Gasteiger partial charge in [-0.05, 0) is 43.3 Å². The second-order valence-corrected chi connectivity index (χ2v) is 6.11. The van der Waals surface area contributed by atoms with Crippen LogP contribution in [0.2, 0.25) is 10.0 Å². The third kappa shape index (κ3) is 5.24. The van der Waals surface area contributed by atoms with E-state index in [9.17, 15) is 4.79 Å². The van der Waals surface area contributed by atoms with Gasteiger partial charge in [0.25, 0.3) is 0 Å². The second-order valence-electron chi connectivity index (χ2n) is 5.29. The lowest BCUT2D eigenvalue weighted by molar-refractivity contribution is -0.121. The lowest BCUT2D eigenvalue weighted by Crippen LogP contribution is -2.29. The van der Waals surface area contributed by atoms with Crippen LogP contribution >= 0.6 is 23.2 Å². The van der Waals surface area contributed by atoms with Gasteiger partial charge in [-0.25, -0.2) is 0 Å². The molecule has 0 heterocycles. The fourth-order valence-corrected chi connectivity index (χ4v) is 2.66. The Kier molecular flexibility index (Phi) is 6.90. The molecule has 1 atom stereocenters. The van der Waals surface area contributed by atoms with Crippen molar-refractivity contribution in [1.82, 2.24) is 10.6 Å². The topological polar surface area (TPSA) is 41.1 Å². The van der Waals surface area contributed by atoms with E-state index in [0.29, 0.717) is 16.5 Å². The zero-order chi connectivity index (χ0) is 16.7. The summed E-state index contributed by atoms with van der Waals surface area (Å²) >= 11 is 12.1. The molecule has 0 fully saturated rings. The largest absolute Gasteiger partial charge is 0.345 e. The van der Waals surface area contributed by atoms with E-state index < -0.39 is 0 Å². The normalized spacial score (nSPS) is 12.0. The molecule has 5 heteroatoms. The lowest BCUT2D eigenvalue weighted by atomic mass is 9.98. The Balaban J connectivity index is 2.22. The molecule has 2 N–H and O–H groups in total. The summed E-state index contributed by atoms with van der Waals surface area (Å²) in [6.45, 7) is 0.816. The highest BCUT2D eigenvalue weighted by Gasteiger charge is 2.17. The predicted molar refractivity (Wildman–Crippen MR) is 96.1 cm³/mol. The summed E-state index contributed by atoms with van der Waals surface area (Å²) in [5.41, 5.74) is 1.92. The Bertz CT molecular complexity index is 647. The molecule has 0 bridgehead atoms. The Labute approximate surface area is 147 Å². The molecule has 0 aromatic heterocycles. The van der Waals surface area contributed by atoms with E-state index in [1.54, 1.807) is 12.1 Å². The zero-order valence-electron chi connectivity index (χ0n) is 13.0. The molecule has 2 rings (SSSR count). The highest BCUT2D eigenvalue weighted by Crippen LogP contribution is 2.29. The molecule has 1 unspecified atom stereocenters. The van der Waals surface area contributed by atoms with Crippen LogP contribution < -0.4 is 10.6 Å². The Morgan fingerprint density at radius 1 is 1.04 bits per heavy atom. The highest BCUT2D eigenvalue weighted by molar-refractivity contribution is 6.42. The van der Waals surface area contributed by atoms with Crippen molar-refractivity contribution in [2.75, 3.05) is 13.6 Å². The van der Waals surface area contributed by atoms with Crippen LogP contribution in [0.4, 0.5) is 0 Å². The van der Waals surface area contributed by atoms with Gasteiger partial charge in [-0.2, -0.15) is 0 Å². The smallest absolute Gasteiger partial charge is 0.220 e. The molecule has 122 valence electrons. The van der Waals surface area contributed by atoms with Crippen LogP contribution in [0.15, 0.2) is 48.5 Å². The molecule has 0 saturated carbocycles. The zero-order valence-corrected chi connectivity index (χ0v) is 14.5. The van der Waals surface area contributed by atoms with Crippen LogP contribution in [0.3, 0.4) is 0 Å². The average Bonchev–Trinajstić information content (AvgIpc) is 2.56. The van der Waals surface area contributed by atoms with Gasteiger partial charge < -0.3 is 10.6 Å². The van der Waals surface area contributed by atoms with E-state index in [1.165, 1.54) is 0 Å². The Morgan fingerprint density at radius 2 is 1.78 bits per heavy atom. The minimum absolute atomic E-state index is 0.0141. The van der Waals surface area contributed by atoms with Gasteiger partial charge >= 0.3 is 0 Å². The van der Waals surface area contributed by atoms with Gasteiger partial charge in [-0.15, -0.1) is 0 Å². The van der Waals surface area contributed by atoms with E-state index in [-0.39, 0.29) is 11.9 Å². The number of nitrogens with one attached hydrogen (secondary N) is 2. The van der Waals surface area contributed by atoms with E-state index in [2.05, 4.69) is 10.6 Å². The van der Waals surface area contributed by atoms with Crippen LogP contribution in [0, 0.1) is 0 Å². The number of benzene rings is 2. The fourth-order valence-electron chi connectivity index (χ4n) is 2.36. The van der Waals surface area contributed by atoms with Crippen LogP contribution in [0.25, 0.3) is 0 Å². The Morgan fingerprint density at radius 3 is 2.43 bits per heavy atom. The number of amides is 1. The SMILES string of the molecule is CNCCCC(=O)NC(c1ccccc1)c1ccc(Cl)c(Cl)c1. The maximum absolute atomic E-state index is 12.2.